The van der Waals surface area contributed by atoms with Crippen LogP contribution in [0.1, 0.15) is 57.4 Å². The minimum absolute atomic E-state index is 0.656. The van der Waals surface area contributed by atoms with E-state index in [0.29, 0.717) is 5.92 Å². The van der Waals surface area contributed by atoms with Gasteiger partial charge in [-0.3, -0.25) is 0 Å². The molecule has 1 unspecified atom stereocenters. The Morgan fingerprint density at radius 2 is 1.65 bits per heavy atom. The molecule has 0 fully saturated rings. The largest absolute Gasteiger partial charge is 0.378 e. The zero-order valence-electron chi connectivity index (χ0n) is 13.8. The Morgan fingerprint density at radius 3 is 2.20 bits per heavy atom. The van der Waals surface area contributed by atoms with Crippen LogP contribution in [-0.4, -0.2) is 27.2 Å². The van der Waals surface area contributed by atoms with Crippen molar-refractivity contribution < 1.29 is 0 Å². The van der Waals surface area contributed by atoms with Crippen LogP contribution in [0.2, 0.25) is 0 Å². The van der Waals surface area contributed by atoms with E-state index in [4.69, 9.17) is 0 Å². The first kappa shape index (κ1) is 17.0. The minimum Gasteiger partial charge on any atom is -0.378 e. The van der Waals surface area contributed by atoms with Gasteiger partial charge in [-0.2, -0.15) is 0 Å². The average molecular weight is 276 g/mol. The summed E-state index contributed by atoms with van der Waals surface area (Å²) in [6.45, 7) is 6.78. The van der Waals surface area contributed by atoms with Crippen LogP contribution in [0, 0.1) is 0 Å². The number of unbranched alkanes of at least 4 members (excludes halogenated alkanes) is 2. The zero-order chi connectivity index (χ0) is 14.8. The molecule has 0 aliphatic carbocycles. The van der Waals surface area contributed by atoms with Gasteiger partial charge in [-0.15, -0.1) is 0 Å². The number of anilines is 1. The van der Waals surface area contributed by atoms with Crippen molar-refractivity contribution in [1.82, 2.24) is 5.32 Å². The molecule has 2 nitrogen and oxygen atoms in total. The van der Waals surface area contributed by atoms with Gasteiger partial charge in [0.15, 0.2) is 0 Å². The fraction of sp³-hybridized carbons (Fsp3) is 0.667. The van der Waals surface area contributed by atoms with Crippen molar-refractivity contribution in [2.75, 3.05) is 32.1 Å². The SMILES string of the molecule is CCCCNCC(CCCC)c1ccc(N(C)C)cc1. The summed E-state index contributed by atoms with van der Waals surface area (Å²) in [7, 11) is 4.19. The monoisotopic (exact) mass is 276 g/mol. The highest BCUT2D eigenvalue weighted by atomic mass is 15.1. The minimum atomic E-state index is 0.656. The van der Waals surface area contributed by atoms with Gasteiger partial charge < -0.3 is 10.2 Å². The molecule has 0 aliphatic heterocycles. The molecule has 1 atom stereocenters. The van der Waals surface area contributed by atoms with Crippen LogP contribution >= 0.6 is 0 Å². The Kier molecular flexibility index (Phi) is 8.36. The first-order valence-electron chi connectivity index (χ1n) is 8.17. The number of nitrogens with zero attached hydrogens (tertiary/aromatic N) is 1. The molecule has 20 heavy (non-hydrogen) atoms. The molecule has 2 heteroatoms. The number of nitrogens with one attached hydrogen (secondary N) is 1. The maximum absolute atomic E-state index is 3.62. The number of benzene rings is 1. The molecular weight excluding hydrogens is 244 g/mol. The quantitative estimate of drug-likeness (QED) is 0.637. The van der Waals surface area contributed by atoms with Gasteiger partial charge in [-0.1, -0.05) is 45.2 Å². The third-order valence-corrected chi connectivity index (χ3v) is 3.88. The van der Waals surface area contributed by atoms with Crippen molar-refractivity contribution in [2.24, 2.45) is 0 Å². The molecule has 0 aliphatic rings. The second-order valence-corrected chi connectivity index (χ2v) is 5.88. The molecule has 1 aromatic carbocycles. The summed E-state index contributed by atoms with van der Waals surface area (Å²) in [5.41, 5.74) is 2.76. The Balaban J connectivity index is 2.60. The lowest BCUT2D eigenvalue weighted by Gasteiger charge is -2.19. The molecule has 0 aromatic heterocycles. The van der Waals surface area contributed by atoms with Crippen molar-refractivity contribution in [1.29, 1.82) is 0 Å². The summed E-state index contributed by atoms with van der Waals surface area (Å²) < 4.78 is 0. The molecule has 1 N–H and O–H groups in total. The molecule has 1 rings (SSSR count). The van der Waals surface area contributed by atoms with Crippen molar-refractivity contribution in [2.45, 2.75) is 51.9 Å². The molecule has 0 saturated carbocycles. The molecular formula is C18H32N2. The molecule has 0 saturated heterocycles. The summed E-state index contributed by atoms with van der Waals surface area (Å²) >= 11 is 0. The number of hydrogen-bond donors (Lipinski definition) is 1. The maximum atomic E-state index is 3.62. The highest BCUT2D eigenvalue weighted by Crippen LogP contribution is 2.23. The second kappa shape index (κ2) is 9.82. The Bertz CT molecular complexity index is 343. The molecule has 114 valence electrons. The summed E-state index contributed by atoms with van der Waals surface area (Å²) in [6.07, 6.45) is 6.43. The van der Waals surface area contributed by atoms with E-state index in [1.165, 1.54) is 43.4 Å². The van der Waals surface area contributed by atoms with Crippen molar-refractivity contribution in [3.63, 3.8) is 0 Å². The predicted molar refractivity (Wildman–Crippen MR) is 90.8 cm³/mol. The third-order valence-electron chi connectivity index (χ3n) is 3.88. The smallest absolute Gasteiger partial charge is 0.0361 e. The molecule has 0 radical (unpaired) electrons. The lowest BCUT2D eigenvalue weighted by atomic mass is 9.93. The number of hydrogen-bond acceptors (Lipinski definition) is 2. The highest BCUT2D eigenvalue weighted by molar-refractivity contribution is 5.46. The maximum Gasteiger partial charge on any atom is 0.0361 e. The fourth-order valence-corrected chi connectivity index (χ4v) is 2.46. The van der Waals surface area contributed by atoms with Gasteiger partial charge in [-0.25, -0.2) is 0 Å². The van der Waals surface area contributed by atoms with E-state index in [0.717, 1.165) is 13.1 Å². The first-order valence-corrected chi connectivity index (χ1v) is 8.17. The summed E-state index contributed by atoms with van der Waals surface area (Å²) in [5.74, 6) is 0.656. The van der Waals surface area contributed by atoms with Crippen molar-refractivity contribution in [3.8, 4) is 0 Å². The van der Waals surface area contributed by atoms with E-state index >= 15 is 0 Å². The molecule has 0 amide bonds. The van der Waals surface area contributed by atoms with Gasteiger partial charge in [-0.05, 0) is 43.0 Å². The van der Waals surface area contributed by atoms with Gasteiger partial charge in [0.2, 0.25) is 0 Å². The average Bonchev–Trinajstić information content (AvgIpc) is 2.47. The van der Waals surface area contributed by atoms with E-state index in [9.17, 15) is 0 Å². The van der Waals surface area contributed by atoms with Crippen LogP contribution in [0.5, 0.6) is 0 Å². The van der Waals surface area contributed by atoms with Crippen molar-refractivity contribution >= 4 is 5.69 Å². The highest BCUT2D eigenvalue weighted by Gasteiger charge is 2.11. The molecule has 0 bridgehead atoms. The van der Waals surface area contributed by atoms with Crippen LogP contribution in [-0.2, 0) is 0 Å². The fourth-order valence-electron chi connectivity index (χ4n) is 2.46. The van der Waals surface area contributed by atoms with E-state index < -0.39 is 0 Å². The van der Waals surface area contributed by atoms with Crippen LogP contribution in [0.25, 0.3) is 0 Å². The second-order valence-electron chi connectivity index (χ2n) is 5.88. The summed E-state index contributed by atoms with van der Waals surface area (Å²) in [5, 5.41) is 3.62. The van der Waals surface area contributed by atoms with Gasteiger partial charge in [0.25, 0.3) is 0 Å². The lowest BCUT2D eigenvalue weighted by molar-refractivity contribution is 0.522. The summed E-state index contributed by atoms with van der Waals surface area (Å²) in [6, 6.07) is 9.08. The lowest BCUT2D eigenvalue weighted by Crippen LogP contribution is -2.22. The van der Waals surface area contributed by atoms with E-state index in [1.54, 1.807) is 0 Å². The standard InChI is InChI=1S/C18H32N2/c1-5-7-9-17(15-19-14-8-6-2)16-10-12-18(13-11-16)20(3)4/h10-13,17,19H,5-9,14-15H2,1-4H3. The molecule has 0 heterocycles. The van der Waals surface area contributed by atoms with Crippen LogP contribution in [0.15, 0.2) is 24.3 Å². The van der Waals surface area contributed by atoms with Gasteiger partial charge in [0.1, 0.15) is 0 Å². The zero-order valence-corrected chi connectivity index (χ0v) is 13.8. The van der Waals surface area contributed by atoms with Crippen LogP contribution < -0.4 is 10.2 Å². The van der Waals surface area contributed by atoms with E-state index in [1.807, 2.05) is 0 Å². The van der Waals surface area contributed by atoms with E-state index in [-0.39, 0.29) is 0 Å². The van der Waals surface area contributed by atoms with Crippen LogP contribution in [0.3, 0.4) is 0 Å². The Hall–Kier alpha value is -1.02. The Labute approximate surface area is 125 Å². The predicted octanol–water partition coefficient (Wildman–Crippen LogP) is 4.42. The summed E-state index contributed by atoms with van der Waals surface area (Å²) in [4.78, 5) is 2.16. The third kappa shape index (κ3) is 5.96. The molecule has 0 spiro atoms. The van der Waals surface area contributed by atoms with E-state index in [2.05, 4.69) is 62.4 Å². The van der Waals surface area contributed by atoms with Crippen molar-refractivity contribution in [3.05, 3.63) is 29.8 Å². The normalized spacial score (nSPS) is 12.4. The van der Waals surface area contributed by atoms with Crippen LogP contribution in [0.4, 0.5) is 5.69 Å². The van der Waals surface area contributed by atoms with Gasteiger partial charge in [0, 0.05) is 26.3 Å². The molecule has 1 aromatic rings. The van der Waals surface area contributed by atoms with Gasteiger partial charge in [0.05, 0.1) is 0 Å². The van der Waals surface area contributed by atoms with Gasteiger partial charge >= 0.3 is 0 Å². The number of rotatable bonds is 10. The topological polar surface area (TPSA) is 15.3 Å². The Morgan fingerprint density at radius 1 is 1.00 bits per heavy atom. The first-order chi connectivity index (χ1) is 9.69.